The SMILES string of the molecule is NC(=O)c1ccc([C@@H](O)[C@H]2CCCN(c3nnnc4cc(N5CCOCC5)ccc34)C2)nn1. The summed E-state index contributed by atoms with van der Waals surface area (Å²) in [5.41, 5.74) is 7.62. The Morgan fingerprint density at radius 1 is 1.06 bits per heavy atom. The van der Waals surface area contributed by atoms with E-state index in [1.165, 1.54) is 6.07 Å². The largest absolute Gasteiger partial charge is 0.386 e. The van der Waals surface area contributed by atoms with Crippen molar-refractivity contribution in [3.63, 3.8) is 0 Å². The summed E-state index contributed by atoms with van der Waals surface area (Å²) in [6.07, 6.45) is 0.927. The van der Waals surface area contributed by atoms with Crippen molar-refractivity contribution in [1.82, 2.24) is 25.6 Å². The molecule has 11 nitrogen and oxygen atoms in total. The molecule has 2 aliphatic rings. The number of aliphatic hydroxyl groups is 1. The molecule has 2 fully saturated rings. The molecule has 2 aromatic heterocycles. The Balaban J connectivity index is 1.36. The van der Waals surface area contributed by atoms with E-state index in [2.05, 4.69) is 41.5 Å². The lowest BCUT2D eigenvalue weighted by atomic mass is 9.90. The molecule has 172 valence electrons. The number of ether oxygens (including phenoxy) is 1. The number of nitrogens with two attached hydrogens (primary N) is 1. The van der Waals surface area contributed by atoms with Gasteiger partial charge in [0.25, 0.3) is 5.91 Å². The van der Waals surface area contributed by atoms with Crippen molar-refractivity contribution in [3.05, 3.63) is 41.7 Å². The molecule has 3 aromatic rings. The Bertz CT molecular complexity index is 1140. The van der Waals surface area contributed by atoms with Crippen LogP contribution in [-0.2, 0) is 4.74 Å². The summed E-state index contributed by atoms with van der Waals surface area (Å²) in [5.74, 6) is 0.0537. The minimum absolute atomic E-state index is 0.0647. The fourth-order valence-corrected chi connectivity index (χ4v) is 4.54. The number of anilines is 2. The Kier molecular flexibility index (Phi) is 5.97. The molecule has 11 heteroatoms. The lowest BCUT2D eigenvalue weighted by molar-refractivity contribution is 0.0924. The van der Waals surface area contributed by atoms with Crippen LogP contribution in [0, 0.1) is 5.92 Å². The first-order valence-corrected chi connectivity index (χ1v) is 11.1. The highest BCUT2D eigenvalue weighted by atomic mass is 16.5. The first kappa shape index (κ1) is 21.4. The number of carbonyl (C=O) groups is 1. The average Bonchev–Trinajstić information content (AvgIpc) is 2.88. The lowest BCUT2D eigenvalue weighted by Crippen LogP contribution is -2.39. The second-order valence-corrected chi connectivity index (χ2v) is 8.41. The topological polar surface area (TPSA) is 143 Å². The predicted molar refractivity (Wildman–Crippen MR) is 121 cm³/mol. The van der Waals surface area contributed by atoms with Crippen molar-refractivity contribution in [2.75, 3.05) is 49.2 Å². The van der Waals surface area contributed by atoms with E-state index >= 15 is 0 Å². The van der Waals surface area contributed by atoms with E-state index in [0.29, 0.717) is 12.2 Å². The highest BCUT2D eigenvalue weighted by Crippen LogP contribution is 2.33. The van der Waals surface area contributed by atoms with E-state index in [1.807, 2.05) is 12.1 Å². The maximum Gasteiger partial charge on any atom is 0.269 e. The second kappa shape index (κ2) is 9.20. The second-order valence-electron chi connectivity index (χ2n) is 8.41. The smallest absolute Gasteiger partial charge is 0.269 e. The van der Waals surface area contributed by atoms with Gasteiger partial charge >= 0.3 is 0 Å². The van der Waals surface area contributed by atoms with Gasteiger partial charge in [-0.25, -0.2) is 0 Å². The van der Waals surface area contributed by atoms with Crippen LogP contribution in [0.25, 0.3) is 10.9 Å². The van der Waals surface area contributed by atoms with E-state index in [-0.39, 0.29) is 11.6 Å². The molecule has 0 aliphatic carbocycles. The van der Waals surface area contributed by atoms with Gasteiger partial charge in [-0.3, -0.25) is 4.79 Å². The van der Waals surface area contributed by atoms with E-state index < -0.39 is 12.0 Å². The molecule has 2 aliphatic heterocycles. The highest BCUT2D eigenvalue weighted by molar-refractivity contribution is 5.91. The molecular weight excluding hydrogens is 424 g/mol. The van der Waals surface area contributed by atoms with Crippen LogP contribution >= 0.6 is 0 Å². The minimum atomic E-state index is -0.809. The number of piperidine rings is 1. The fraction of sp³-hybridized carbons (Fsp3) is 0.455. The molecule has 3 N–H and O–H groups in total. The van der Waals surface area contributed by atoms with E-state index in [1.54, 1.807) is 6.07 Å². The third kappa shape index (κ3) is 4.41. The number of morpholine rings is 1. The molecule has 2 saturated heterocycles. The van der Waals surface area contributed by atoms with Gasteiger partial charge in [-0.1, -0.05) is 0 Å². The average molecular weight is 451 g/mol. The van der Waals surface area contributed by atoms with Crippen molar-refractivity contribution >= 4 is 28.3 Å². The number of nitrogens with zero attached hydrogens (tertiary/aromatic N) is 7. The van der Waals surface area contributed by atoms with Gasteiger partial charge in [-0.2, -0.15) is 5.10 Å². The lowest BCUT2D eigenvalue weighted by Gasteiger charge is -2.35. The van der Waals surface area contributed by atoms with Gasteiger partial charge in [0.1, 0.15) is 11.6 Å². The monoisotopic (exact) mass is 450 g/mol. The molecule has 0 saturated carbocycles. The Morgan fingerprint density at radius 2 is 1.91 bits per heavy atom. The molecule has 0 bridgehead atoms. The van der Waals surface area contributed by atoms with Crippen LogP contribution in [0.4, 0.5) is 11.5 Å². The Hall–Kier alpha value is -3.44. The van der Waals surface area contributed by atoms with E-state index in [9.17, 15) is 9.90 Å². The van der Waals surface area contributed by atoms with Crippen LogP contribution in [0.15, 0.2) is 30.3 Å². The maximum absolute atomic E-state index is 11.2. The fourth-order valence-electron chi connectivity index (χ4n) is 4.54. The molecule has 4 heterocycles. The Morgan fingerprint density at radius 3 is 2.67 bits per heavy atom. The number of primary amides is 1. The van der Waals surface area contributed by atoms with Gasteiger partial charge in [0.15, 0.2) is 11.5 Å². The van der Waals surface area contributed by atoms with Crippen LogP contribution in [-0.4, -0.2) is 76.0 Å². The van der Waals surface area contributed by atoms with Crippen LogP contribution in [0.5, 0.6) is 0 Å². The number of benzene rings is 1. The first-order valence-electron chi connectivity index (χ1n) is 11.1. The summed E-state index contributed by atoms with van der Waals surface area (Å²) in [5, 5.41) is 32.3. The summed E-state index contributed by atoms with van der Waals surface area (Å²) in [6.45, 7) is 4.56. The van der Waals surface area contributed by atoms with Crippen LogP contribution in [0.3, 0.4) is 0 Å². The van der Waals surface area contributed by atoms with Gasteiger partial charge in [0.05, 0.1) is 18.9 Å². The zero-order valence-electron chi connectivity index (χ0n) is 18.2. The number of aliphatic hydroxyl groups excluding tert-OH is 1. The number of rotatable bonds is 5. The quantitative estimate of drug-likeness (QED) is 0.570. The third-order valence-corrected chi connectivity index (χ3v) is 6.33. The van der Waals surface area contributed by atoms with Gasteiger partial charge in [0.2, 0.25) is 0 Å². The van der Waals surface area contributed by atoms with Gasteiger partial charge in [-0.15, -0.1) is 15.3 Å². The predicted octanol–water partition coefficient (Wildman–Crippen LogP) is 0.700. The highest BCUT2D eigenvalue weighted by Gasteiger charge is 2.30. The van der Waals surface area contributed by atoms with Gasteiger partial charge in [0, 0.05) is 43.2 Å². The van der Waals surface area contributed by atoms with Crippen LogP contribution in [0.1, 0.15) is 35.1 Å². The summed E-state index contributed by atoms with van der Waals surface area (Å²) in [4.78, 5) is 15.7. The van der Waals surface area contributed by atoms with Crippen LogP contribution in [0.2, 0.25) is 0 Å². The van der Waals surface area contributed by atoms with E-state index in [4.69, 9.17) is 10.5 Å². The number of aromatic nitrogens is 5. The number of amides is 1. The zero-order valence-corrected chi connectivity index (χ0v) is 18.2. The number of hydrogen-bond acceptors (Lipinski definition) is 10. The molecule has 2 atom stereocenters. The molecule has 33 heavy (non-hydrogen) atoms. The Labute approximate surface area is 190 Å². The summed E-state index contributed by atoms with van der Waals surface area (Å²) < 4.78 is 5.45. The number of fused-ring (bicyclic) bond motifs is 1. The normalized spacial score (nSPS) is 20.1. The van der Waals surface area contributed by atoms with Crippen molar-refractivity contribution in [2.24, 2.45) is 11.7 Å². The van der Waals surface area contributed by atoms with Crippen molar-refractivity contribution in [1.29, 1.82) is 0 Å². The summed E-state index contributed by atoms with van der Waals surface area (Å²) >= 11 is 0. The van der Waals surface area contributed by atoms with Crippen LogP contribution < -0.4 is 15.5 Å². The number of carbonyl (C=O) groups excluding carboxylic acids is 1. The van der Waals surface area contributed by atoms with Crippen molar-refractivity contribution in [3.8, 4) is 0 Å². The molecule has 0 unspecified atom stereocenters. The molecule has 0 spiro atoms. The third-order valence-electron chi connectivity index (χ3n) is 6.33. The van der Waals surface area contributed by atoms with Gasteiger partial charge < -0.3 is 25.4 Å². The molecule has 5 rings (SSSR count). The minimum Gasteiger partial charge on any atom is -0.386 e. The van der Waals surface area contributed by atoms with Crippen molar-refractivity contribution < 1.29 is 14.6 Å². The summed E-state index contributed by atoms with van der Waals surface area (Å²) in [6, 6.07) is 9.27. The van der Waals surface area contributed by atoms with Gasteiger partial charge in [-0.05, 0) is 48.4 Å². The molecular formula is C22H26N8O3. The molecule has 1 aromatic carbocycles. The van der Waals surface area contributed by atoms with Crippen molar-refractivity contribution in [2.45, 2.75) is 18.9 Å². The zero-order chi connectivity index (χ0) is 22.8. The standard InChI is InChI=1S/C22H26N8O3/c23-21(32)18-6-5-17(24-25-18)20(31)14-2-1-7-30(13-14)22-16-4-3-15(12-19(16)26-28-27-22)29-8-10-33-11-9-29/h3-6,12,14,20,31H,1-2,7-11,13H2,(H2,23,32)/t14-,20-/m0/s1. The maximum atomic E-state index is 11.2. The first-order chi connectivity index (χ1) is 16.1. The van der Waals surface area contributed by atoms with E-state index in [0.717, 1.165) is 68.1 Å². The molecule has 0 radical (unpaired) electrons. The molecule has 1 amide bonds. The number of hydrogen-bond donors (Lipinski definition) is 2. The summed E-state index contributed by atoms with van der Waals surface area (Å²) in [7, 11) is 0.